The average molecular weight is 141 g/mol. The first kappa shape index (κ1) is 6.19. The van der Waals surface area contributed by atoms with E-state index in [1.807, 2.05) is 25.8 Å². The van der Waals surface area contributed by atoms with Gasteiger partial charge in [0.1, 0.15) is 0 Å². The normalized spacial score (nSPS) is 44.5. The van der Waals surface area contributed by atoms with Crippen molar-refractivity contribution in [1.82, 2.24) is 5.06 Å². The number of hydrogen-bond donors (Lipinski definition) is 0. The van der Waals surface area contributed by atoms with Gasteiger partial charge in [0, 0.05) is 5.57 Å². The third kappa shape index (κ3) is 0.566. The zero-order chi connectivity index (χ0) is 7.35. The Morgan fingerprint density at radius 3 is 2.80 bits per heavy atom. The van der Waals surface area contributed by atoms with Gasteiger partial charge in [-0.25, -0.2) is 0 Å². The van der Waals surface area contributed by atoms with E-state index in [-0.39, 0.29) is 5.72 Å². The van der Waals surface area contributed by atoms with Gasteiger partial charge in [-0.05, 0) is 20.8 Å². The van der Waals surface area contributed by atoms with Gasteiger partial charge in [-0.15, -0.1) is 5.06 Å². The maximum Gasteiger partial charge on any atom is 0.190 e. The van der Waals surface area contributed by atoms with Gasteiger partial charge < -0.3 is 4.74 Å². The largest absolute Gasteiger partial charge is 0.480 e. The topological polar surface area (TPSA) is 24.8 Å². The van der Waals surface area contributed by atoms with Gasteiger partial charge in [0.15, 0.2) is 12.5 Å². The molecule has 0 aromatic carbocycles. The predicted octanol–water partition coefficient (Wildman–Crippen LogP) is 1.23. The molecule has 0 radical (unpaired) electrons. The van der Waals surface area contributed by atoms with Crippen LogP contribution in [0, 0.1) is 0 Å². The number of nitrogens with zero attached hydrogens (tertiary/aromatic N) is 1. The molecule has 0 aliphatic carbocycles. The molecule has 0 aromatic heterocycles. The highest BCUT2D eigenvalue weighted by atomic mass is 16.9. The summed E-state index contributed by atoms with van der Waals surface area (Å²) in [6.07, 6.45) is 0. The number of ether oxygens (including phenoxy) is 1. The molecule has 2 rings (SSSR count). The molecule has 0 bridgehead atoms. The predicted molar refractivity (Wildman–Crippen MR) is 35.7 cm³/mol. The molecule has 2 atom stereocenters. The second-order valence-electron chi connectivity index (χ2n) is 2.91. The van der Waals surface area contributed by atoms with Crippen molar-refractivity contribution in [3.8, 4) is 0 Å². The average Bonchev–Trinajstić information content (AvgIpc) is 2.55. The van der Waals surface area contributed by atoms with Crippen LogP contribution in [0.25, 0.3) is 0 Å². The summed E-state index contributed by atoms with van der Waals surface area (Å²) in [6, 6.07) is 0. The molecule has 1 fully saturated rings. The quantitative estimate of drug-likeness (QED) is 0.474. The summed E-state index contributed by atoms with van der Waals surface area (Å²) >= 11 is 0. The summed E-state index contributed by atoms with van der Waals surface area (Å²) in [7, 11) is 0. The second kappa shape index (κ2) is 1.54. The fraction of sp³-hybridized carbons (Fsp3) is 0.714. The lowest BCUT2D eigenvalue weighted by molar-refractivity contribution is 0.0524. The molecule has 1 saturated heterocycles. The number of rotatable bonds is 0. The smallest absolute Gasteiger partial charge is 0.190 e. The van der Waals surface area contributed by atoms with Crippen molar-refractivity contribution in [2.24, 2.45) is 0 Å². The highest BCUT2D eigenvalue weighted by molar-refractivity contribution is 5.21. The highest BCUT2D eigenvalue weighted by Gasteiger charge is 2.55. The van der Waals surface area contributed by atoms with Crippen LogP contribution >= 0.6 is 0 Å². The van der Waals surface area contributed by atoms with E-state index in [1.165, 1.54) is 5.57 Å². The molecule has 2 heterocycles. The van der Waals surface area contributed by atoms with Crippen molar-refractivity contribution >= 4 is 0 Å². The van der Waals surface area contributed by atoms with Crippen LogP contribution in [0.1, 0.15) is 20.8 Å². The standard InChI is InChI=1S/C7H11NO2/c1-5-6(2)9-4-8-7(5,3)10-8/h4H2,1-3H3. The fourth-order valence-electron chi connectivity index (χ4n) is 1.19. The zero-order valence-corrected chi connectivity index (χ0v) is 6.47. The van der Waals surface area contributed by atoms with E-state index >= 15 is 0 Å². The van der Waals surface area contributed by atoms with Crippen LogP contribution in [0.5, 0.6) is 0 Å². The summed E-state index contributed by atoms with van der Waals surface area (Å²) in [4.78, 5) is 5.30. The van der Waals surface area contributed by atoms with E-state index in [0.29, 0.717) is 6.73 Å². The summed E-state index contributed by atoms with van der Waals surface area (Å²) in [5.74, 6) is 0.997. The van der Waals surface area contributed by atoms with Crippen LogP contribution in [0.3, 0.4) is 0 Å². The molecule has 2 aliphatic rings. The Labute approximate surface area is 60.2 Å². The van der Waals surface area contributed by atoms with Crippen molar-refractivity contribution in [2.75, 3.05) is 6.73 Å². The van der Waals surface area contributed by atoms with Crippen molar-refractivity contribution in [1.29, 1.82) is 0 Å². The van der Waals surface area contributed by atoms with Crippen molar-refractivity contribution in [3.05, 3.63) is 11.3 Å². The molecule has 0 saturated carbocycles. The first-order valence-corrected chi connectivity index (χ1v) is 3.42. The van der Waals surface area contributed by atoms with Gasteiger partial charge in [-0.1, -0.05) is 0 Å². The Kier molecular flexibility index (Phi) is 0.956. The van der Waals surface area contributed by atoms with E-state index in [0.717, 1.165) is 5.76 Å². The Morgan fingerprint density at radius 1 is 1.50 bits per heavy atom. The van der Waals surface area contributed by atoms with Crippen LogP contribution in [0.2, 0.25) is 0 Å². The first-order chi connectivity index (χ1) is 4.64. The van der Waals surface area contributed by atoms with Crippen molar-refractivity contribution in [3.63, 3.8) is 0 Å². The van der Waals surface area contributed by atoms with Gasteiger partial charge in [0.25, 0.3) is 0 Å². The SMILES string of the molecule is CC1=C(C)C2(C)ON2CO1. The molecule has 0 aromatic rings. The lowest BCUT2D eigenvalue weighted by Gasteiger charge is -2.17. The third-order valence-corrected chi connectivity index (χ3v) is 2.35. The van der Waals surface area contributed by atoms with Gasteiger partial charge >= 0.3 is 0 Å². The molecule has 3 nitrogen and oxygen atoms in total. The van der Waals surface area contributed by atoms with Gasteiger partial charge in [-0.3, -0.25) is 4.84 Å². The summed E-state index contributed by atoms with van der Waals surface area (Å²) in [6.45, 7) is 6.63. The van der Waals surface area contributed by atoms with Crippen LogP contribution in [0.4, 0.5) is 0 Å². The molecular formula is C7H11NO2. The lowest BCUT2D eigenvalue weighted by Crippen LogP contribution is -2.24. The van der Waals surface area contributed by atoms with Crippen LogP contribution in [-0.4, -0.2) is 17.5 Å². The Bertz CT molecular complexity index is 210. The van der Waals surface area contributed by atoms with Crippen LogP contribution < -0.4 is 0 Å². The third-order valence-electron chi connectivity index (χ3n) is 2.35. The highest BCUT2D eigenvalue weighted by Crippen LogP contribution is 2.44. The molecule has 3 heteroatoms. The maximum atomic E-state index is 5.30. The van der Waals surface area contributed by atoms with Crippen molar-refractivity contribution in [2.45, 2.75) is 26.5 Å². The molecule has 10 heavy (non-hydrogen) atoms. The van der Waals surface area contributed by atoms with Gasteiger partial charge in [-0.2, -0.15) is 0 Å². The van der Waals surface area contributed by atoms with Crippen molar-refractivity contribution < 1.29 is 9.57 Å². The molecule has 0 amide bonds. The number of allylic oxidation sites excluding steroid dienone is 1. The Hall–Kier alpha value is -0.540. The number of fused-ring (bicyclic) bond motifs is 1. The molecule has 56 valence electrons. The minimum absolute atomic E-state index is 0.137. The summed E-state index contributed by atoms with van der Waals surface area (Å²) in [5, 5.41) is 1.83. The minimum atomic E-state index is -0.137. The molecular weight excluding hydrogens is 130 g/mol. The van der Waals surface area contributed by atoms with Crippen LogP contribution in [-0.2, 0) is 9.57 Å². The zero-order valence-electron chi connectivity index (χ0n) is 6.47. The van der Waals surface area contributed by atoms with E-state index in [2.05, 4.69) is 0 Å². The first-order valence-electron chi connectivity index (χ1n) is 3.42. The summed E-state index contributed by atoms with van der Waals surface area (Å²) in [5.41, 5.74) is 1.04. The number of hydroxylamine groups is 2. The Morgan fingerprint density at radius 2 is 2.20 bits per heavy atom. The summed E-state index contributed by atoms with van der Waals surface area (Å²) < 4.78 is 5.29. The molecule has 0 spiro atoms. The molecule has 2 aliphatic heterocycles. The maximum absolute atomic E-state index is 5.30. The molecule has 2 unspecified atom stereocenters. The van der Waals surface area contributed by atoms with Crippen LogP contribution in [0.15, 0.2) is 11.3 Å². The van der Waals surface area contributed by atoms with E-state index in [4.69, 9.17) is 9.57 Å². The van der Waals surface area contributed by atoms with E-state index in [9.17, 15) is 0 Å². The van der Waals surface area contributed by atoms with E-state index in [1.54, 1.807) is 0 Å². The fourth-order valence-corrected chi connectivity index (χ4v) is 1.19. The number of hydrogen-bond acceptors (Lipinski definition) is 3. The Balaban J connectivity index is 2.35. The minimum Gasteiger partial charge on any atom is -0.480 e. The molecule has 0 N–H and O–H groups in total. The second-order valence-corrected chi connectivity index (χ2v) is 2.91. The monoisotopic (exact) mass is 141 g/mol. The van der Waals surface area contributed by atoms with Gasteiger partial charge in [0.2, 0.25) is 0 Å². The lowest BCUT2D eigenvalue weighted by atomic mass is 10.1. The van der Waals surface area contributed by atoms with E-state index < -0.39 is 0 Å². The van der Waals surface area contributed by atoms with Gasteiger partial charge in [0.05, 0.1) is 5.76 Å².